The van der Waals surface area contributed by atoms with Crippen molar-refractivity contribution < 1.29 is 8.42 Å². The number of hydrogen-bond donors (Lipinski definition) is 2. The predicted octanol–water partition coefficient (Wildman–Crippen LogP) is 1.17. The summed E-state index contributed by atoms with van der Waals surface area (Å²) >= 11 is 6.06. The van der Waals surface area contributed by atoms with Gasteiger partial charge in [-0.25, -0.2) is 13.1 Å². The Hall–Kier alpha value is -0.660. The zero-order chi connectivity index (χ0) is 15.0. The second-order valence-corrected chi connectivity index (χ2v) is 7.94. The molecular weight excluding hydrogens is 310 g/mol. The van der Waals surface area contributed by atoms with Crippen LogP contribution in [0.1, 0.15) is 18.4 Å². The second-order valence-electron chi connectivity index (χ2n) is 5.82. The van der Waals surface area contributed by atoms with Crippen molar-refractivity contribution in [1.29, 1.82) is 0 Å². The minimum atomic E-state index is -3.53. The summed E-state index contributed by atoms with van der Waals surface area (Å²) in [5.41, 5.74) is 6.29. The number of sulfonamides is 1. The largest absolute Gasteiger partial charge is 0.326 e. The third kappa shape index (κ3) is 3.10. The van der Waals surface area contributed by atoms with Gasteiger partial charge in [0.2, 0.25) is 10.0 Å². The van der Waals surface area contributed by atoms with E-state index in [4.69, 9.17) is 17.3 Å². The first-order chi connectivity index (χ1) is 9.99. The fourth-order valence-corrected chi connectivity index (χ4v) is 4.87. The van der Waals surface area contributed by atoms with Crippen LogP contribution in [0.3, 0.4) is 0 Å². The highest BCUT2D eigenvalue weighted by Gasteiger charge is 2.36. The molecule has 0 amide bonds. The fourth-order valence-electron chi connectivity index (χ4n) is 3.23. The summed E-state index contributed by atoms with van der Waals surface area (Å²) in [5.74, 6) is 0.448. The van der Waals surface area contributed by atoms with Crippen LogP contribution in [-0.4, -0.2) is 39.0 Å². The van der Waals surface area contributed by atoms with Crippen molar-refractivity contribution in [2.24, 2.45) is 11.7 Å². The monoisotopic (exact) mass is 329 g/mol. The molecule has 2 bridgehead atoms. The molecule has 1 aromatic carbocycles. The van der Waals surface area contributed by atoms with Gasteiger partial charge in [-0.3, -0.25) is 0 Å². The van der Waals surface area contributed by atoms with E-state index in [1.54, 1.807) is 12.1 Å². The summed E-state index contributed by atoms with van der Waals surface area (Å²) in [7, 11) is -3.53. The molecule has 3 N–H and O–H groups in total. The minimum Gasteiger partial charge on any atom is -0.326 e. The summed E-state index contributed by atoms with van der Waals surface area (Å²) in [6, 6.07) is 4.73. The average Bonchev–Trinajstić information content (AvgIpc) is 2.48. The molecule has 7 heteroatoms. The molecule has 0 aromatic heterocycles. The van der Waals surface area contributed by atoms with Crippen LogP contribution in [0, 0.1) is 5.92 Å². The molecule has 0 spiro atoms. The van der Waals surface area contributed by atoms with Gasteiger partial charge >= 0.3 is 0 Å². The molecule has 0 aliphatic carbocycles. The van der Waals surface area contributed by atoms with Crippen molar-refractivity contribution in [1.82, 2.24) is 9.62 Å². The zero-order valence-electron chi connectivity index (χ0n) is 11.8. The van der Waals surface area contributed by atoms with E-state index in [2.05, 4.69) is 9.62 Å². The molecule has 1 unspecified atom stereocenters. The van der Waals surface area contributed by atoms with Crippen LogP contribution >= 0.6 is 11.6 Å². The van der Waals surface area contributed by atoms with Gasteiger partial charge in [-0.15, -0.1) is 0 Å². The van der Waals surface area contributed by atoms with E-state index in [0.29, 0.717) is 17.5 Å². The standard InChI is InChI=1S/C14H20ClN3O2S/c15-13-7-12(2-1-11(13)8-16)21(19,20)17-14-9-18-5-3-10(14)4-6-18/h1-2,7,10,14,17H,3-6,8-9,16H2. The fraction of sp³-hybridized carbons (Fsp3) is 0.571. The van der Waals surface area contributed by atoms with Crippen molar-refractivity contribution in [3.63, 3.8) is 0 Å². The molecule has 3 saturated heterocycles. The number of hydrogen-bond acceptors (Lipinski definition) is 4. The Morgan fingerprint density at radius 1 is 1.33 bits per heavy atom. The molecule has 5 nitrogen and oxygen atoms in total. The van der Waals surface area contributed by atoms with Crippen LogP contribution in [0.2, 0.25) is 5.02 Å². The highest BCUT2D eigenvalue weighted by atomic mass is 35.5. The smallest absolute Gasteiger partial charge is 0.240 e. The first-order valence-corrected chi connectivity index (χ1v) is 9.09. The Morgan fingerprint density at radius 3 is 2.57 bits per heavy atom. The molecule has 3 heterocycles. The van der Waals surface area contributed by atoms with Gasteiger partial charge in [0.25, 0.3) is 0 Å². The SMILES string of the molecule is NCc1ccc(S(=O)(=O)NC2CN3CCC2CC3)cc1Cl. The van der Waals surface area contributed by atoms with Crippen molar-refractivity contribution in [3.05, 3.63) is 28.8 Å². The lowest BCUT2D eigenvalue weighted by molar-refractivity contribution is 0.0827. The normalized spacial score (nSPS) is 28.8. The van der Waals surface area contributed by atoms with E-state index < -0.39 is 10.0 Å². The lowest BCUT2D eigenvalue weighted by atomic mass is 9.85. The van der Waals surface area contributed by atoms with Gasteiger partial charge < -0.3 is 10.6 Å². The number of nitrogens with zero attached hydrogens (tertiary/aromatic N) is 1. The van der Waals surface area contributed by atoms with E-state index in [0.717, 1.165) is 38.0 Å². The second kappa shape index (κ2) is 5.85. The highest BCUT2D eigenvalue weighted by Crippen LogP contribution is 2.29. The number of nitrogens with one attached hydrogen (secondary N) is 1. The summed E-state index contributed by atoms with van der Waals surface area (Å²) in [6.45, 7) is 3.27. The molecule has 21 heavy (non-hydrogen) atoms. The van der Waals surface area contributed by atoms with Gasteiger partial charge in [0.15, 0.2) is 0 Å². The quantitative estimate of drug-likeness (QED) is 0.869. The maximum Gasteiger partial charge on any atom is 0.240 e. The van der Waals surface area contributed by atoms with Gasteiger partial charge in [0, 0.05) is 24.2 Å². The topological polar surface area (TPSA) is 75.4 Å². The van der Waals surface area contributed by atoms with Gasteiger partial charge in [0.05, 0.1) is 4.90 Å². The molecular formula is C14H20ClN3O2S. The van der Waals surface area contributed by atoms with Crippen molar-refractivity contribution in [3.8, 4) is 0 Å². The van der Waals surface area contributed by atoms with E-state index in [9.17, 15) is 8.42 Å². The van der Waals surface area contributed by atoms with Gasteiger partial charge in [-0.2, -0.15) is 0 Å². The predicted molar refractivity (Wildman–Crippen MR) is 82.6 cm³/mol. The molecule has 0 saturated carbocycles. The maximum absolute atomic E-state index is 12.5. The third-order valence-electron chi connectivity index (χ3n) is 4.52. The molecule has 3 fully saturated rings. The number of nitrogens with two attached hydrogens (primary N) is 1. The summed E-state index contributed by atoms with van der Waals surface area (Å²) in [6.07, 6.45) is 2.14. The Labute approximate surface area is 130 Å². The van der Waals surface area contributed by atoms with Gasteiger partial charge in [-0.1, -0.05) is 17.7 Å². The number of rotatable bonds is 4. The Morgan fingerprint density at radius 2 is 2.05 bits per heavy atom. The number of piperidine rings is 3. The first-order valence-electron chi connectivity index (χ1n) is 7.23. The maximum atomic E-state index is 12.5. The number of fused-ring (bicyclic) bond motifs is 3. The van der Waals surface area contributed by atoms with E-state index >= 15 is 0 Å². The molecule has 0 radical (unpaired) electrons. The van der Waals surface area contributed by atoms with E-state index in [1.165, 1.54) is 6.07 Å². The van der Waals surface area contributed by atoms with Crippen LogP contribution in [0.25, 0.3) is 0 Å². The molecule has 3 aliphatic heterocycles. The van der Waals surface area contributed by atoms with Gasteiger partial charge in [0.1, 0.15) is 0 Å². The Bertz CT molecular complexity index is 627. The summed E-state index contributed by atoms with van der Waals surface area (Å²) < 4.78 is 27.9. The molecule has 1 atom stereocenters. The number of halogens is 1. The zero-order valence-corrected chi connectivity index (χ0v) is 13.3. The van der Waals surface area contributed by atoms with Crippen LogP contribution < -0.4 is 10.5 Å². The molecule has 116 valence electrons. The van der Waals surface area contributed by atoms with E-state index in [-0.39, 0.29) is 10.9 Å². The van der Waals surface area contributed by atoms with Crippen LogP contribution in [0.4, 0.5) is 0 Å². The molecule has 4 rings (SSSR count). The molecule has 1 aromatic rings. The highest BCUT2D eigenvalue weighted by molar-refractivity contribution is 7.89. The van der Waals surface area contributed by atoms with Crippen LogP contribution in [-0.2, 0) is 16.6 Å². The van der Waals surface area contributed by atoms with Gasteiger partial charge in [-0.05, 0) is 49.5 Å². The van der Waals surface area contributed by atoms with E-state index in [1.807, 2.05) is 0 Å². The van der Waals surface area contributed by atoms with Crippen molar-refractivity contribution in [2.45, 2.75) is 30.3 Å². The Balaban J connectivity index is 1.79. The summed E-state index contributed by atoms with van der Waals surface area (Å²) in [4.78, 5) is 2.53. The number of benzene rings is 1. The molecule has 3 aliphatic rings. The average molecular weight is 330 g/mol. The Kier molecular flexibility index (Phi) is 4.25. The summed E-state index contributed by atoms with van der Waals surface area (Å²) in [5, 5.41) is 0.397. The minimum absolute atomic E-state index is 0.00506. The first kappa shape index (κ1) is 15.2. The van der Waals surface area contributed by atoms with Crippen LogP contribution in [0.15, 0.2) is 23.1 Å². The van der Waals surface area contributed by atoms with Crippen molar-refractivity contribution in [2.75, 3.05) is 19.6 Å². The van der Waals surface area contributed by atoms with Crippen LogP contribution in [0.5, 0.6) is 0 Å². The lowest BCUT2D eigenvalue weighted by Crippen LogP contribution is -2.57. The van der Waals surface area contributed by atoms with Crippen molar-refractivity contribution >= 4 is 21.6 Å². The third-order valence-corrected chi connectivity index (χ3v) is 6.36. The lowest BCUT2D eigenvalue weighted by Gasteiger charge is -2.44.